The molecule has 1 unspecified atom stereocenters. The average molecular weight is 340 g/mol. The lowest BCUT2D eigenvalue weighted by atomic mass is 9.99. The summed E-state index contributed by atoms with van der Waals surface area (Å²) in [5.74, 6) is -1.25. The smallest absolute Gasteiger partial charge is 0.319 e. The summed E-state index contributed by atoms with van der Waals surface area (Å²) in [7, 11) is 0. The Kier molecular flexibility index (Phi) is 4.58. The first kappa shape index (κ1) is 16.1. The van der Waals surface area contributed by atoms with E-state index in [1.54, 1.807) is 24.3 Å². The molecule has 24 heavy (non-hydrogen) atoms. The molecule has 1 atom stereocenters. The molecule has 0 radical (unpaired) electrons. The maximum Gasteiger partial charge on any atom is 0.319 e. The lowest BCUT2D eigenvalue weighted by molar-refractivity contribution is 0.0978. The lowest BCUT2D eigenvalue weighted by Gasteiger charge is -2.09. The number of amides is 2. The minimum Gasteiger partial charge on any atom is -0.335 e. The number of nitrogens with zero attached hydrogens (tertiary/aromatic N) is 2. The van der Waals surface area contributed by atoms with Gasteiger partial charge >= 0.3 is 6.03 Å². The molecule has 0 bridgehead atoms. The Labute approximate surface area is 143 Å². The monoisotopic (exact) mass is 340 g/mol. The summed E-state index contributed by atoms with van der Waals surface area (Å²) in [6, 6.07) is 8.60. The number of urea groups is 1. The molecule has 1 saturated carbocycles. The molecule has 2 aromatic rings. The Hall–Kier alpha value is -2.72. The van der Waals surface area contributed by atoms with E-state index < -0.39 is 5.92 Å². The minimum absolute atomic E-state index is 0.255. The number of carbonyl (C=O) groups excluding carboxylic acids is 2. The molecule has 0 saturated heterocycles. The highest BCUT2D eigenvalue weighted by Crippen LogP contribution is 2.25. The van der Waals surface area contributed by atoms with E-state index in [1.807, 2.05) is 18.4 Å². The Morgan fingerprint density at radius 3 is 2.83 bits per heavy atom. The summed E-state index contributed by atoms with van der Waals surface area (Å²) >= 11 is 1.30. The number of anilines is 1. The van der Waals surface area contributed by atoms with Crippen LogP contribution in [-0.2, 0) is 0 Å². The van der Waals surface area contributed by atoms with Crippen molar-refractivity contribution >= 4 is 28.8 Å². The van der Waals surface area contributed by atoms with E-state index in [2.05, 4.69) is 15.6 Å². The van der Waals surface area contributed by atoms with Crippen molar-refractivity contribution < 1.29 is 9.59 Å². The van der Waals surface area contributed by atoms with Gasteiger partial charge in [-0.2, -0.15) is 5.26 Å². The third-order valence-electron chi connectivity index (χ3n) is 3.59. The van der Waals surface area contributed by atoms with Gasteiger partial charge in [0, 0.05) is 28.4 Å². The molecule has 1 aromatic heterocycles. The molecule has 1 aliphatic rings. The summed E-state index contributed by atoms with van der Waals surface area (Å²) in [6.45, 7) is 1.82. The second-order valence-corrected chi connectivity index (χ2v) is 6.60. The number of ketones is 1. The summed E-state index contributed by atoms with van der Waals surface area (Å²) in [4.78, 5) is 28.7. The van der Waals surface area contributed by atoms with Crippen LogP contribution in [0.5, 0.6) is 0 Å². The fourth-order valence-electron chi connectivity index (χ4n) is 2.23. The first-order chi connectivity index (χ1) is 11.6. The largest absolute Gasteiger partial charge is 0.335 e. The predicted molar refractivity (Wildman–Crippen MR) is 91.2 cm³/mol. The number of nitrogens with one attached hydrogen (secondary N) is 2. The van der Waals surface area contributed by atoms with Gasteiger partial charge in [-0.05, 0) is 31.9 Å². The number of hydrogen-bond acceptors (Lipinski definition) is 5. The minimum atomic E-state index is -0.931. The van der Waals surface area contributed by atoms with E-state index in [4.69, 9.17) is 0 Å². The van der Waals surface area contributed by atoms with Crippen LogP contribution in [-0.4, -0.2) is 22.8 Å². The Morgan fingerprint density at radius 2 is 2.21 bits per heavy atom. The molecule has 0 aliphatic heterocycles. The summed E-state index contributed by atoms with van der Waals surface area (Å²) in [6.07, 6.45) is 2.01. The van der Waals surface area contributed by atoms with Gasteiger partial charge in [0.15, 0.2) is 11.7 Å². The summed E-state index contributed by atoms with van der Waals surface area (Å²) in [5, 5.41) is 17.2. The highest BCUT2D eigenvalue weighted by molar-refractivity contribution is 7.10. The van der Waals surface area contributed by atoms with Gasteiger partial charge in [-0.25, -0.2) is 9.78 Å². The van der Waals surface area contributed by atoms with E-state index in [-0.39, 0.29) is 17.9 Å². The van der Waals surface area contributed by atoms with Crippen LogP contribution in [0.3, 0.4) is 0 Å². The maximum atomic E-state index is 12.6. The van der Waals surface area contributed by atoms with E-state index in [9.17, 15) is 14.9 Å². The van der Waals surface area contributed by atoms with Crippen molar-refractivity contribution in [3.63, 3.8) is 0 Å². The molecule has 1 aliphatic carbocycles. The van der Waals surface area contributed by atoms with Crippen LogP contribution in [0.1, 0.15) is 39.8 Å². The van der Waals surface area contributed by atoms with Gasteiger partial charge in [0.05, 0.1) is 6.07 Å². The van der Waals surface area contributed by atoms with Crippen molar-refractivity contribution in [2.75, 3.05) is 5.32 Å². The zero-order valence-electron chi connectivity index (χ0n) is 13.1. The second-order valence-electron chi connectivity index (χ2n) is 5.71. The number of aromatic nitrogens is 1. The Balaban J connectivity index is 1.75. The van der Waals surface area contributed by atoms with E-state index >= 15 is 0 Å². The molecule has 1 aromatic carbocycles. The number of hydrogen-bond donors (Lipinski definition) is 2. The van der Waals surface area contributed by atoms with Crippen LogP contribution in [0.25, 0.3) is 0 Å². The highest BCUT2D eigenvalue weighted by atomic mass is 32.1. The number of aryl methyl sites for hydroxylation is 1. The van der Waals surface area contributed by atoms with Gasteiger partial charge in [0.1, 0.15) is 5.01 Å². The molecule has 7 heteroatoms. The lowest BCUT2D eigenvalue weighted by Crippen LogP contribution is -2.30. The van der Waals surface area contributed by atoms with Crippen molar-refractivity contribution in [3.05, 3.63) is 45.9 Å². The van der Waals surface area contributed by atoms with Gasteiger partial charge in [0.25, 0.3) is 0 Å². The Bertz CT molecular complexity index is 820. The number of thiazole rings is 1. The van der Waals surface area contributed by atoms with Crippen molar-refractivity contribution in [1.29, 1.82) is 5.26 Å². The molecule has 3 rings (SSSR count). The number of rotatable bonds is 5. The molecule has 122 valence electrons. The van der Waals surface area contributed by atoms with Crippen molar-refractivity contribution in [1.82, 2.24) is 10.3 Å². The zero-order valence-corrected chi connectivity index (χ0v) is 13.9. The van der Waals surface area contributed by atoms with Crippen LogP contribution >= 0.6 is 11.3 Å². The SMILES string of the molecule is Cc1csc(C(C#N)C(=O)c2cccc(NC(=O)NC3CC3)c2)n1. The van der Waals surface area contributed by atoms with Crippen molar-refractivity contribution in [2.45, 2.75) is 31.7 Å². The van der Waals surface area contributed by atoms with Gasteiger partial charge in [0.2, 0.25) is 0 Å². The van der Waals surface area contributed by atoms with Crippen molar-refractivity contribution in [3.8, 4) is 6.07 Å². The molecule has 1 heterocycles. The molecular weight excluding hydrogens is 324 g/mol. The van der Waals surface area contributed by atoms with Gasteiger partial charge in [-0.1, -0.05) is 12.1 Å². The first-order valence-corrected chi connectivity index (χ1v) is 8.48. The van der Waals surface area contributed by atoms with E-state index in [0.29, 0.717) is 16.3 Å². The fourth-order valence-corrected chi connectivity index (χ4v) is 3.06. The standard InChI is InChI=1S/C17H16N4O2S/c1-10-9-24-16(19-10)14(8-18)15(22)11-3-2-4-13(7-11)21-17(23)20-12-5-6-12/h2-4,7,9,12,14H,5-6H2,1H3,(H2,20,21,23). The fraction of sp³-hybridized carbons (Fsp3) is 0.294. The summed E-state index contributed by atoms with van der Waals surface area (Å²) in [5.41, 5.74) is 1.68. The van der Waals surface area contributed by atoms with Crippen LogP contribution in [0, 0.1) is 18.3 Å². The number of benzene rings is 1. The average Bonchev–Trinajstić information content (AvgIpc) is 3.27. The molecule has 2 amide bonds. The third-order valence-corrected chi connectivity index (χ3v) is 4.62. The summed E-state index contributed by atoms with van der Waals surface area (Å²) < 4.78 is 0. The predicted octanol–water partition coefficient (Wildman–Crippen LogP) is 3.23. The van der Waals surface area contributed by atoms with E-state index in [1.165, 1.54) is 11.3 Å². The van der Waals surface area contributed by atoms with Crippen LogP contribution in [0.2, 0.25) is 0 Å². The van der Waals surface area contributed by atoms with Gasteiger partial charge in [-0.15, -0.1) is 11.3 Å². The number of carbonyl (C=O) groups is 2. The van der Waals surface area contributed by atoms with Crippen LogP contribution in [0.4, 0.5) is 10.5 Å². The molecule has 2 N–H and O–H groups in total. The van der Waals surface area contributed by atoms with Gasteiger partial charge in [-0.3, -0.25) is 4.79 Å². The van der Waals surface area contributed by atoms with Gasteiger partial charge < -0.3 is 10.6 Å². The first-order valence-electron chi connectivity index (χ1n) is 7.60. The highest BCUT2D eigenvalue weighted by Gasteiger charge is 2.25. The molecule has 6 nitrogen and oxygen atoms in total. The zero-order chi connectivity index (χ0) is 17.1. The Morgan fingerprint density at radius 1 is 1.42 bits per heavy atom. The van der Waals surface area contributed by atoms with Crippen molar-refractivity contribution in [2.24, 2.45) is 0 Å². The number of nitriles is 1. The molecule has 0 spiro atoms. The normalized spacial score (nSPS) is 14.5. The maximum absolute atomic E-state index is 12.6. The van der Waals surface area contributed by atoms with Crippen LogP contribution < -0.4 is 10.6 Å². The van der Waals surface area contributed by atoms with E-state index in [0.717, 1.165) is 18.5 Å². The molecular formula is C17H16N4O2S. The topological polar surface area (TPSA) is 94.9 Å². The third kappa shape index (κ3) is 3.78. The molecule has 1 fully saturated rings. The number of Topliss-reactive ketones (excluding diaryl/α,β-unsaturated/α-hetero) is 1. The van der Waals surface area contributed by atoms with Crippen LogP contribution in [0.15, 0.2) is 29.6 Å². The second kappa shape index (κ2) is 6.81. The quantitative estimate of drug-likeness (QED) is 0.817.